The van der Waals surface area contributed by atoms with Crippen molar-refractivity contribution < 1.29 is 24.2 Å². The molecule has 0 aliphatic carbocycles. The Kier molecular flexibility index (Phi) is 9.99. The second kappa shape index (κ2) is 13.1. The normalized spacial score (nSPS) is 28.6. The Labute approximate surface area is 251 Å². The van der Waals surface area contributed by atoms with Crippen LogP contribution in [0, 0.1) is 17.8 Å². The van der Waals surface area contributed by atoms with Crippen molar-refractivity contribution in [2.75, 3.05) is 31.1 Å². The molecule has 6 atom stereocenters. The number of unbranched alkanes of at least 4 members (excludes halogenated alkanes) is 1. The molecule has 3 saturated heterocycles. The van der Waals surface area contributed by atoms with Gasteiger partial charge in [-0.25, -0.2) is 0 Å². The van der Waals surface area contributed by atoms with E-state index in [-0.39, 0.29) is 36.8 Å². The van der Waals surface area contributed by atoms with Gasteiger partial charge in [-0.3, -0.25) is 14.4 Å². The van der Waals surface area contributed by atoms with E-state index in [9.17, 15) is 19.5 Å². The zero-order chi connectivity index (χ0) is 30.7. The molecule has 3 fully saturated rings. The monoisotopic (exact) mass is 579 g/mol. The minimum absolute atomic E-state index is 0.186. The van der Waals surface area contributed by atoms with Gasteiger partial charge in [0.1, 0.15) is 11.6 Å². The Hall–Kier alpha value is -2.97. The second-order valence-corrected chi connectivity index (χ2v) is 12.5. The van der Waals surface area contributed by atoms with E-state index in [4.69, 9.17) is 4.74 Å². The smallest absolute Gasteiger partial charge is 0.248 e. The molecule has 3 aliphatic heterocycles. The maximum atomic E-state index is 14.7. The Bertz CT molecular complexity index is 1160. The number of anilines is 1. The Balaban J connectivity index is 1.85. The summed E-state index contributed by atoms with van der Waals surface area (Å²) in [5, 5.41) is 10.6. The van der Waals surface area contributed by atoms with Crippen LogP contribution < -0.4 is 4.90 Å². The summed E-state index contributed by atoms with van der Waals surface area (Å²) >= 11 is 0. The number of ether oxygens (including phenoxy) is 1. The van der Waals surface area contributed by atoms with Crippen LogP contribution in [0.2, 0.25) is 0 Å². The highest BCUT2D eigenvalue weighted by molar-refractivity contribution is 6.03. The molecule has 1 aromatic rings. The molecule has 3 aliphatic rings. The second-order valence-electron chi connectivity index (χ2n) is 12.5. The predicted molar refractivity (Wildman–Crippen MR) is 165 cm³/mol. The number of rotatable bonds is 15. The number of carbonyl (C=O) groups excluding carboxylic acids is 3. The first-order chi connectivity index (χ1) is 20.2. The predicted octanol–water partition coefficient (Wildman–Crippen LogP) is 4.58. The van der Waals surface area contributed by atoms with Gasteiger partial charge in [-0.05, 0) is 50.2 Å². The van der Waals surface area contributed by atoms with Crippen molar-refractivity contribution >= 4 is 23.4 Å². The lowest BCUT2D eigenvalue weighted by Gasteiger charge is -2.40. The van der Waals surface area contributed by atoms with Gasteiger partial charge in [-0.1, -0.05) is 64.5 Å². The lowest BCUT2D eigenvalue weighted by atomic mass is 9.64. The third-order valence-electron chi connectivity index (χ3n) is 9.55. The summed E-state index contributed by atoms with van der Waals surface area (Å²) in [6, 6.07) is 7.94. The number of likely N-dealkylation sites (tertiary alicyclic amines) is 1. The number of aliphatic hydroxyl groups excluding tert-OH is 1. The van der Waals surface area contributed by atoms with Crippen LogP contribution in [0.3, 0.4) is 0 Å². The molecule has 2 bridgehead atoms. The number of amides is 3. The van der Waals surface area contributed by atoms with Gasteiger partial charge < -0.3 is 24.5 Å². The van der Waals surface area contributed by atoms with E-state index in [1.54, 1.807) is 26.9 Å². The number of hydrogen-bond acceptors (Lipinski definition) is 5. The highest BCUT2D eigenvalue weighted by atomic mass is 16.5. The van der Waals surface area contributed by atoms with Crippen molar-refractivity contribution in [3.05, 3.63) is 55.6 Å². The fourth-order valence-electron chi connectivity index (χ4n) is 7.72. The van der Waals surface area contributed by atoms with Crippen molar-refractivity contribution in [1.29, 1.82) is 0 Å². The molecule has 2 unspecified atom stereocenters. The third kappa shape index (κ3) is 5.32. The summed E-state index contributed by atoms with van der Waals surface area (Å²) in [5.41, 5.74) is -1.27. The van der Waals surface area contributed by atoms with E-state index < -0.39 is 35.1 Å². The fourth-order valence-corrected chi connectivity index (χ4v) is 7.72. The van der Waals surface area contributed by atoms with Crippen molar-refractivity contribution in [3.8, 4) is 0 Å². The summed E-state index contributed by atoms with van der Waals surface area (Å²) < 4.78 is 6.99. The Morgan fingerprint density at radius 1 is 1.12 bits per heavy atom. The molecule has 3 heterocycles. The van der Waals surface area contributed by atoms with Gasteiger partial charge in [0.15, 0.2) is 0 Å². The molecular formula is C34H49N3O5. The van der Waals surface area contributed by atoms with Crippen LogP contribution in [0.25, 0.3) is 0 Å². The summed E-state index contributed by atoms with van der Waals surface area (Å²) in [5.74, 6) is -2.03. The number of fused-ring (bicyclic) bond motifs is 1. The SMILES string of the molecule is C=CCN(CCCC)C(=O)C1N([C@@H](CO)CC(C)C)C(=O)[C@@H]2[C@H](C(=O)N(CC=C)c3ccccc3)[C@]3(CC)CCC12O3. The van der Waals surface area contributed by atoms with Gasteiger partial charge in [0.25, 0.3) is 0 Å². The van der Waals surface area contributed by atoms with Crippen LogP contribution >= 0.6 is 0 Å². The van der Waals surface area contributed by atoms with Crippen LogP contribution in [0.1, 0.15) is 66.2 Å². The molecule has 4 rings (SSSR count). The summed E-state index contributed by atoms with van der Waals surface area (Å²) in [4.78, 5) is 49.0. The minimum atomic E-state index is -1.14. The fraction of sp³-hybridized carbons (Fsp3) is 0.618. The van der Waals surface area contributed by atoms with Crippen molar-refractivity contribution in [1.82, 2.24) is 9.80 Å². The van der Waals surface area contributed by atoms with Gasteiger partial charge in [-0.15, -0.1) is 13.2 Å². The molecule has 1 aromatic carbocycles. The van der Waals surface area contributed by atoms with Crippen LogP contribution in [-0.2, 0) is 19.1 Å². The van der Waals surface area contributed by atoms with Crippen LogP contribution in [0.5, 0.6) is 0 Å². The standard InChI is InChI=1S/C34H49N3O5/c1-7-11-21-35(19-8-2)32(41)29-34-18-17-33(10-4,42-34)27(28(34)31(40)37(29)26(23-38)22-24(5)6)30(39)36(20-9-3)25-15-13-12-14-16-25/h8-9,12-16,24,26-29,38H,2-3,7,10-11,17-23H2,1,4-6H3/t26-,27-,28+,29?,33+,34?/m1/s1. The number of aliphatic hydroxyl groups is 1. The maximum Gasteiger partial charge on any atom is 0.248 e. The molecule has 0 radical (unpaired) electrons. The van der Waals surface area contributed by atoms with E-state index in [2.05, 4.69) is 20.1 Å². The van der Waals surface area contributed by atoms with Gasteiger partial charge in [0, 0.05) is 25.3 Å². The Morgan fingerprint density at radius 3 is 2.38 bits per heavy atom. The summed E-state index contributed by atoms with van der Waals surface area (Å²) in [6.07, 6.45) is 7.32. The molecule has 230 valence electrons. The van der Waals surface area contributed by atoms with Crippen LogP contribution in [-0.4, -0.2) is 82.2 Å². The van der Waals surface area contributed by atoms with E-state index in [1.165, 1.54) is 0 Å². The van der Waals surface area contributed by atoms with Gasteiger partial charge >= 0.3 is 0 Å². The van der Waals surface area contributed by atoms with Crippen LogP contribution in [0.15, 0.2) is 55.6 Å². The zero-order valence-electron chi connectivity index (χ0n) is 25.8. The van der Waals surface area contributed by atoms with Crippen LogP contribution in [0.4, 0.5) is 5.69 Å². The van der Waals surface area contributed by atoms with E-state index in [0.29, 0.717) is 38.8 Å². The first-order valence-electron chi connectivity index (χ1n) is 15.7. The molecule has 42 heavy (non-hydrogen) atoms. The first kappa shape index (κ1) is 32.0. The van der Waals surface area contributed by atoms with Crippen molar-refractivity contribution in [3.63, 3.8) is 0 Å². The minimum Gasteiger partial charge on any atom is -0.394 e. The summed E-state index contributed by atoms with van der Waals surface area (Å²) in [6.45, 7) is 16.8. The van der Waals surface area contributed by atoms with Gasteiger partial charge in [0.2, 0.25) is 17.7 Å². The number of para-hydroxylation sites is 1. The number of carbonyl (C=O) groups is 3. The first-order valence-corrected chi connectivity index (χ1v) is 15.7. The van der Waals surface area contributed by atoms with E-state index >= 15 is 0 Å². The molecule has 1 N–H and O–H groups in total. The van der Waals surface area contributed by atoms with Crippen molar-refractivity contribution in [2.24, 2.45) is 17.8 Å². The number of benzene rings is 1. The summed E-state index contributed by atoms with van der Waals surface area (Å²) in [7, 11) is 0. The molecule has 3 amide bonds. The molecular weight excluding hydrogens is 530 g/mol. The average Bonchev–Trinajstić information content (AvgIpc) is 3.60. The van der Waals surface area contributed by atoms with E-state index in [0.717, 1.165) is 18.5 Å². The number of nitrogens with zero attached hydrogens (tertiary/aromatic N) is 3. The Morgan fingerprint density at radius 2 is 1.81 bits per heavy atom. The average molecular weight is 580 g/mol. The zero-order valence-corrected chi connectivity index (χ0v) is 25.8. The molecule has 1 spiro atoms. The van der Waals surface area contributed by atoms with Gasteiger partial charge in [0.05, 0.1) is 30.1 Å². The lowest BCUT2D eigenvalue weighted by Crippen LogP contribution is -2.59. The quantitative estimate of drug-likeness (QED) is 0.307. The largest absolute Gasteiger partial charge is 0.394 e. The maximum absolute atomic E-state index is 14.7. The topological polar surface area (TPSA) is 90.4 Å². The molecule has 8 heteroatoms. The molecule has 0 saturated carbocycles. The third-order valence-corrected chi connectivity index (χ3v) is 9.55. The van der Waals surface area contributed by atoms with Crippen molar-refractivity contribution in [2.45, 2.75) is 89.5 Å². The number of hydrogen-bond donors (Lipinski definition) is 1. The highest BCUT2D eigenvalue weighted by Crippen LogP contribution is 2.65. The lowest BCUT2D eigenvalue weighted by molar-refractivity contribution is -0.156. The highest BCUT2D eigenvalue weighted by Gasteiger charge is 2.79. The van der Waals surface area contributed by atoms with E-state index in [1.807, 2.05) is 51.1 Å². The van der Waals surface area contributed by atoms with Gasteiger partial charge in [-0.2, -0.15) is 0 Å². The molecule has 8 nitrogen and oxygen atoms in total. The molecule has 0 aromatic heterocycles.